The van der Waals surface area contributed by atoms with Crippen LogP contribution in [0.15, 0.2) is 67.3 Å². The maximum absolute atomic E-state index is 14.1. The van der Waals surface area contributed by atoms with E-state index < -0.39 is 17.4 Å². The summed E-state index contributed by atoms with van der Waals surface area (Å²) < 4.78 is 0. The summed E-state index contributed by atoms with van der Waals surface area (Å²) in [5.74, 6) is -1.62. The van der Waals surface area contributed by atoms with Gasteiger partial charge in [0.15, 0.2) is 0 Å². The molecule has 1 spiro atoms. The lowest BCUT2D eigenvalue weighted by atomic mass is 9.75. The summed E-state index contributed by atoms with van der Waals surface area (Å²) >= 11 is 0. The number of hydrogen-bond donors (Lipinski definition) is 0. The summed E-state index contributed by atoms with van der Waals surface area (Å²) in [5, 5.41) is 0. The Morgan fingerprint density at radius 3 is 2.50 bits per heavy atom. The van der Waals surface area contributed by atoms with Crippen LogP contribution in [0.3, 0.4) is 0 Å². The lowest BCUT2D eigenvalue weighted by molar-refractivity contribution is -0.146. The van der Waals surface area contributed by atoms with E-state index in [-0.39, 0.29) is 30.3 Å². The number of hydrogen-bond acceptors (Lipinski definition) is 4. The summed E-state index contributed by atoms with van der Waals surface area (Å²) in [6.45, 7) is 5.18. The Labute approximate surface area is 187 Å². The van der Waals surface area contributed by atoms with Gasteiger partial charge in [-0.1, -0.05) is 54.6 Å². The van der Waals surface area contributed by atoms with E-state index in [0.29, 0.717) is 6.54 Å². The fourth-order valence-corrected chi connectivity index (χ4v) is 6.63. The molecule has 0 radical (unpaired) electrons. The third kappa shape index (κ3) is 2.25. The van der Waals surface area contributed by atoms with E-state index in [1.807, 2.05) is 54.6 Å². The first-order chi connectivity index (χ1) is 15.6. The second-order valence-corrected chi connectivity index (χ2v) is 9.14. The number of amides is 3. The quantitative estimate of drug-likeness (QED) is 0.556. The molecule has 0 aromatic heterocycles. The van der Waals surface area contributed by atoms with Crippen LogP contribution in [0, 0.1) is 11.8 Å². The van der Waals surface area contributed by atoms with Crippen molar-refractivity contribution in [1.82, 2.24) is 9.80 Å². The molecule has 0 aliphatic carbocycles. The van der Waals surface area contributed by atoms with Gasteiger partial charge in [0.2, 0.25) is 11.8 Å². The highest BCUT2D eigenvalue weighted by atomic mass is 16.2. The largest absolute Gasteiger partial charge is 0.306 e. The summed E-state index contributed by atoms with van der Waals surface area (Å²) in [6, 6.07) is 17.2. The third-order valence-electron chi connectivity index (χ3n) is 7.73. The molecule has 0 N–H and O–H groups in total. The van der Waals surface area contributed by atoms with Crippen molar-refractivity contribution in [1.29, 1.82) is 0 Å². The molecule has 6 nitrogen and oxygen atoms in total. The van der Waals surface area contributed by atoms with Gasteiger partial charge in [0, 0.05) is 23.8 Å². The predicted molar refractivity (Wildman–Crippen MR) is 119 cm³/mol. The smallest absolute Gasteiger partial charge is 0.253 e. The molecular weight excluding hydrogens is 402 g/mol. The van der Waals surface area contributed by atoms with Crippen LogP contribution < -0.4 is 4.90 Å². The predicted octanol–water partition coefficient (Wildman–Crippen LogP) is 2.69. The molecule has 4 aliphatic rings. The molecule has 4 heterocycles. The van der Waals surface area contributed by atoms with Gasteiger partial charge in [0.05, 0.1) is 18.4 Å². The normalized spacial score (nSPS) is 30.9. The molecule has 2 aromatic carbocycles. The molecule has 32 heavy (non-hydrogen) atoms. The Balaban J connectivity index is 1.51. The van der Waals surface area contributed by atoms with Gasteiger partial charge in [-0.15, -0.1) is 6.58 Å². The van der Waals surface area contributed by atoms with Crippen molar-refractivity contribution < 1.29 is 14.4 Å². The van der Waals surface area contributed by atoms with Crippen LogP contribution in [-0.4, -0.2) is 46.7 Å². The highest BCUT2D eigenvalue weighted by molar-refractivity contribution is 6.16. The number of likely N-dealkylation sites (tertiary alicyclic amines) is 1. The summed E-state index contributed by atoms with van der Waals surface area (Å²) in [6.07, 6.45) is 3.47. The van der Waals surface area contributed by atoms with Crippen molar-refractivity contribution in [2.45, 2.75) is 31.0 Å². The second-order valence-electron chi connectivity index (χ2n) is 9.14. The Morgan fingerprint density at radius 1 is 0.969 bits per heavy atom. The minimum Gasteiger partial charge on any atom is -0.306 e. The first kappa shape index (κ1) is 19.4. The number of fused-ring (bicyclic) bond motifs is 7. The van der Waals surface area contributed by atoms with E-state index in [4.69, 9.17) is 0 Å². The Hall–Kier alpha value is -3.25. The van der Waals surface area contributed by atoms with Crippen LogP contribution in [0.1, 0.15) is 24.0 Å². The van der Waals surface area contributed by atoms with E-state index in [0.717, 1.165) is 36.2 Å². The van der Waals surface area contributed by atoms with E-state index in [2.05, 4.69) is 11.5 Å². The summed E-state index contributed by atoms with van der Waals surface area (Å²) in [7, 11) is 0. The average molecular weight is 428 g/mol. The number of anilines is 1. The van der Waals surface area contributed by atoms with Crippen LogP contribution in [0.5, 0.6) is 0 Å². The van der Waals surface area contributed by atoms with Crippen LogP contribution in [0.4, 0.5) is 5.69 Å². The Morgan fingerprint density at radius 2 is 1.72 bits per heavy atom. The monoisotopic (exact) mass is 427 g/mol. The average Bonchev–Trinajstić information content (AvgIpc) is 3.51. The standard InChI is InChI=1S/C26H25N3O3/c1-2-14-27-19-12-7-6-11-18(19)26(25(27)32)22-21(20-13-8-15-29(20)26)23(30)28(24(22)31)16-17-9-4-3-5-10-17/h2-7,9-12,20-22H,1,8,13-16H2/t20-,21-,22-,26+/m1/s1. The van der Waals surface area contributed by atoms with Gasteiger partial charge in [0.25, 0.3) is 5.91 Å². The van der Waals surface area contributed by atoms with Gasteiger partial charge in [-0.05, 0) is 31.0 Å². The molecule has 4 aliphatic heterocycles. The van der Waals surface area contributed by atoms with E-state index >= 15 is 0 Å². The molecule has 4 atom stereocenters. The molecule has 0 saturated carbocycles. The zero-order valence-electron chi connectivity index (χ0n) is 17.8. The van der Waals surface area contributed by atoms with Gasteiger partial charge in [-0.3, -0.25) is 24.2 Å². The number of benzene rings is 2. The number of rotatable bonds is 4. The molecular formula is C26H25N3O3. The molecule has 2 aromatic rings. The first-order valence-electron chi connectivity index (χ1n) is 11.3. The van der Waals surface area contributed by atoms with Crippen LogP contribution in [-0.2, 0) is 26.5 Å². The SMILES string of the molecule is C=CCN1C(=O)[C@]2(c3ccccc31)[C@H]1C(=O)N(Cc3ccccc3)C(=O)[C@@H]1[C@H]1CCCN12. The first-order valence-corrected chi connectivity index (χ1v) is 11.3. The van der Waals surface area contributed by atoms with Crippen molar-refractivity contribution in [3.05, 3.63) is 78.4 Å². The number of carbonyl (C=O) groups is 3. The molecule has 162 valence electrons. The maximum Gasteiger partial charge on any atom is 0.253 e. The van der Waals surface area contributed by atoms with Crippen molar-refractivity contribution >= 4 is 23.4 Å². The topological polar surface area (TPSA) is 60.9 Å². The molecule has 6 rings (SSSR count). The number of para-hydroxylation sites is 1. The van der Waals surface area contributed by atoms with Crippen molar-refractivity contribution in [2.75, 3.05) is 18.0 Å². The lowest BCUT2D eigenvalue weighted by Gasteiger charge is -2.37. The summed E-state index contributed by atoms with van der Waals surface area (Å²) in [5.41, 5.74) is 1.49. The molecule has 0 unspecified atom stereocenters. The Bertz CT molecular complexity index is 1150. The van der Waals surface area contributed by atoms with Crippen LogP contribution in [0.2, 0.25) is 0 Å². The molecule has 0 bridgehead atoms. The third-order valence-corrected chi connectivity index (χ3v) is 7.73. The zero-order chi connectivity index (χ0) is 22.0. The van der Waals surface area contributed by atoms with Crippen LogP contribution in [0.25, 0.3) is 0 Å². The van der Waals surface area contributed by atoms with Gasteiger partial charge in [0.1, 0.15) is 5.54 Å². The highest BCUT2D eigenvalue weighted by Gasteiger charge is 2.75. The number of carbonyl (C=O) groups excluding carboxylic acids is 3. The minimum atomic E-state index is -1.11. The summed E-state index contributed by atoms with van der Waals surface area (Å²) in [4.78, 5) is 47.0. The molecule has 3 saturated heterocycles. The van der Waals surface area contributed by atoms with E-state index in [1.54, 1.807) is 11.0 Å². The second kappa shape index (κ2) is 6.87. The maximum atomic E-state index is 14.1. The van der Waals surface area contributed by atoms with Gasteiger partial charge in [-0.25, -0.2) is 0 Å². The van der Waals surface area contributed by atoms with Gasteiger partial charge < -0.3 is 4.90 Å². The fourth-order valence-electron chi connectivity index (χ4n) is 6.63. The fraction of sp³-hybridized carbons (Fsp3) is 0.346. The number of imide groups is 1. The van der Waals surface area contributed by atoms with Crippen LogP contribution >= 0.6 is 0 Å². The minimum absolute atomic E-state index is 0.0853. The van der Waals surface area contributed by atoms with Crippen molar-refractivity contribution in [3.63, 3.8) is 0 Å². The highest BCUT2D eigenvalue weighted by Crippen LogP contribution is 2.61. The van der Waals surface area contributed by atoms with Crippen molar-refractivity contribution in [2.24, 2.45) is 11.8 Å². The number of nitrogens with zero attached hydrogens (tertiary/aromatic N) is 3. The molecule has 3 fully saturated rings. The van der Waals surface area contributed by atoms with Gasteiger partial charge in [-0.2, -0.15) is 0 Å². The van der Waals surface area contributed by atoms with E-state index in [9.17, 15) is 14.4 Å². The van der Waals surface area contributed by atoms with Crippen molar-refractivity contribution in [3.8, 4) is 0 Å². The lowest BCUT2D eigenvalue weighted by Crippen LogP contribution is -2.55. The zero-order valence-corrected chi connectivity index (χ0v) is 17.8. The van der Waals surface area contributed by atoms with E-state index in [1.165, 1.54) is 4.90 Å². The molecule has 3 amide bonds. The van der Waals surface area contributed by atoms with Gasteiger partial charge >= 0.3 is 0 Å². The Kier molecular flexibility index (Phi) is 4.17. The molecule has 6 heteroatoms.